The van der Waals surface area contributed by atoms with Crippen LogP contribution >= 0.6 is 11.3 Å². The van der Waals surface area contributed by atoms with Crippen LogP contribution in [0.3, 0.4) is 0 Å². The summed E-state index contributed by atoms with van der Waals surface area (Å²) >= 11 is 1.31. The van der Waals surface area contributed by atoms with Crippen LogP contribution in [0.4, 0.5) is 15.3 Å². The van der Waals surface area contributed by atoms with Crippen molar-refractivity contribution in [1.29, 1.82) is 0 Å². The number of nitrogen functional groups attached to an aromatic ring is 1. The highest BCUT2D eigenvalue weighted by Gasteiger charge is 2.33. The standard InChI is InChI=1S/C20H19FN8S/c1-10(2)29-11(3)18-27-24-9-28(18)14-8-23-17(26-19(14)29)16-15(25-20(22)30-16)12-4-6-13(21)7-5-12/h4-11H,1-3H3,(H2,22,25)/t11-/m1/s1. The van der Waals surface area contributed by atoms with Gasteiger partial charge in [0.15, 0.2) is 22.6 Å². The van der Waals surface area contributed by atoms with Gasteiger partial charge in [-0.2, -0.15) is 0 Å². The quantitative estimate of drug-likeness (QED) is 0.535. The molecule has 0 bridgehead atoms. The molecule has 2 N–H and O–H groups in total. The summed E-state index contributed by atoms with van der Waals surface area (Å²) in [6, 6.07) is 6.35. The average Bonchev–Trinajstić information content (AvgIpc) is 3.35. The highest BCUT2D eigenvalue weighted by atomic mass is 32.1. The van der Waals surface area contributed by atoms with E-state index in [0.29, 0.717) is 16.6 Å². The smallest absolute Gasteiger partial charge is 0.181 e. The number of nitrogens with zero attached hydrogens (tertiary/aromatic N) is 7. The predicted molar refractivity (Wildman–Crippen MR) is 114 cm³/mol. The molecule has 10 heteroatoms. The van der Waals surface area contributed by atoms with Crippen molar-refractivity contribution in [3.63, 3.8) is 0 Å². The molecule has 5 rings (SSSR count). The molecular formula is C20H19FN8S. The number of fused-ring (bicyclic) bond motifs is 3. The Bertz CT molecular complexity index is 1230. The van der Waals surface area contributed by atoms with Crippen LogP contribution in [0.1, 0.15) is 32.6 Å². The first kappa shape index (κ1) is 18.6. The number of hydrogen-bond acceptors (Lipinski definition) is 8. The van der Waals surface area contributed by atoms with E-state index in [4.69, 9.17) is 10.7 Å². The molecule has 0 fully saturated rings. The van der Waals surface area contributed by atoms with Crippen molar-refractivity contribution in [2.75, 3.05) is 10.6 Å². The van der Waals surface area contributed by atoms with Gasteiger partial charge in [-0.15, -0.1) is 10.2 Å². The Labute approximate surface area is 176 Å². The van der Waals surface area contributed by atoms with Gasteiger partial charge >= 0.3 is 0 Å². The van der Waals surface area contributed by atoms with E-state index in [2.05, 4.69) is 45.8 Å². The predicted octanol–water partition coefficient (Wildman–Crippen LogP) is 3.86. The molecule has 0 aliphatic carbocycles. The molecule has 1 aromatic carbocycles. The topological polar surface area (TPSA) is 98.6 Å². The van der Waals surface area contributed by atoms with Crippen molar-refractivity contribution < 1.29 is 4.39 Å². The Morgan fingerprint density at radius 3 is 2.67 bits per heavy atom. The lowest BCUT2D eigenvalue weighted by Gasteiger charge is -2.38. The van der Waals surface area contributed by atoms with E-state index in [-0.39, 0.29) is 17.9 Å². The molecule has 3 aromatic heterocycles. The van der Waals surface area contributed by atoms with Crippen molar-refractivity contribution in [3.8, 4) is 27.6 Å². The fourth-order valence-electron chi connectivity index (χ4n) is 3.84. The van der Waals surface area contributed by atoms with Gasteiger partial charge < -0.3 is 10.6 Å². The van der Waals surface area contributed by atoms with Gasteiger partial charge in [0.05, 0.1) is 17.9 Å². The molecule has 4 heterocycles. The Balaban J connectivity index is 1.68. The van der Waals surface area contributed by atoms with Crippen LogP contribution in [0.2, 0.25) is 0 Å². The summed E-state index contributed by atoms with van der Waals surface area (Å²) < 4.78 is 15.3. The second kappa shape index (κ2) is 6.84. The maximum absolute atomic E-state index is 13.4. The molecule has 1 aliphatic heterocycles. The summed E-state index contributed by atoms with van der Waals surface area (Å²) in [5.41, 5.74) is 8.24. The summed E-state index contributed by atoms with van der Waals surface area (Å²) in [6.07, 6.45) is 3.45. The van der Waals surface area contributed by atoms with Crippen LogP contribution in [-0.4, -0.2) is 35.8 Å². The van der Waals surface area contributed by atoms with Crippen LogP contribution in [-0.2, 0) is 0 Å². The molecule has 0 spiro atoms. The molecule has 30 heavy (non-hydrogen) atoms. The Morgan fingerprint density at radius 2 is 1.93 bits per heavy atom. The fraction of sp³-hybridized carbons (Fsp3) is 0.250. The zero-order valence-corrected chi connectivity index (χ0v) is 17.4. The molecule has 8 nitrogen and oxygen atoms in total. The third-order valence-corrected chi connectivity index (χ3v) is 6.02. The van der Waals surface area contributed by atoms with Gasteiger partial charge in [-0.05, 0) is 45.0 Å². The second-order valence-corrected chi connectivity index (χ2v) is 8.41. The summed E-state index contributed by atoms with van der Waals surface area (Å²) in [5.74, 6) is 1.87. The lowest BCUT2D eigenvalue weighted by atomic mass is 10.1. The molecule has 1 atom stereocenters. The summed E-state index contributed by atoms with van der Waals surface area (Å²) in [5, 5.41) is 8.75. The number of halogens is 1. The highest BCUT2D eigenvalue weighted by molar-refractivity contribution is 7.19. The first-order valence-electron chi connectivity index (χ1n) is 9.52. The van der Waals surface area contributed by atoms with Gasteiger partial charge in [0.25, 0.3) is 0 Å². The van der Waals surface area contributed by atoms with E-state index in [1.807, 2.05) is 4.57 Å². The van der Waals surface area contributed by atoms with Crippen molar-refractivity contribution in [2.45, 2.75) is 32.9 Å². The van der Waals surface area contributed by atoms with Crippen LogP contribution < -0.4 is 10.6 Å². The van der Waals surface area contributed by atoms with Crippen molar-refractivity contribution in [3.05, 3.63) is 48.4 Å². The minimum Gasteiger partial charge on any atom is -0.375 e. The van der Waals surface area contributed by atoms with Gasteiger partial charge in [0.2, 0.25) is 0 Å². The molecule has 1 aliphatic rings. The van der Waals surface area contributed by atoms with Crippen molar-refractivity contribution >= 4 is 22.3 Å². The number of nitrogens with two attached hydrogens (primary N) is 1. The van der Waals surface area contributed by atoms with E-state index in [1.54, 1.807) is 24.7 Å². The Hall–Kier alpha value is -3.40. The maximum Gasteiger partial charge on any atom is 0.181 e. The fourth-order valence-corrected chi connectivity index (χ4v) is 4.64. The molecule has 0 amide bonds. The SMILES string of the molecule is CC(C)N1c2nc(-c3sc(N)nc3-c3ccc(F)cc3)ncc2-n2cnnc2[C@H]1C. The second-order valence-electron chi connectivity index (χ2n) is 7.38. The average molecular weight is 422 g/mol. The Kier molecular flexibility index (Phi) is 4.24. The highest BCUT2D eigenvalue weighted by Crippen LogP contribution is 2.41. The molecule has 152 valence electrons. The van der Waals surface area contributed by atoms with E-state index in [1.165, 1.54) is 23.5 Å². The van der Waals surface area contributed by atoms with Gasteiger partial charge in [-0.3, -0.25) is 4.57 Å². The van der Waals surface area contributed by atoms with Crippen LogP contribution in [0, 0.1) is 5.82 Å². The number of benzene rings is 1. The normalized spacial score (nSPS) is 15.4. The monoisotopic (exact) mass is 422 g/mol. The van der Waals surface area contributed by atoms with Crippen molar-refractivity contribution in [2.24, 2.45) is 0 Å². The number of anilines is 2. The van der Waals surface area contributed by atoms with E-state index in [9.17, 15) is 4.39 Å². The first-order valence-corrected chi connectivity index (χ1v) is 10.3. The summed E-state index contributed by atoms with van der Waals surface area (Å²) in [4.78, 5) is 16.9. The van der Waals surface area contributed by atoms with Gasteiger partial charge in [-0.25, -0.2) is 19.3 Å². The molecule has 0 radical (unpaired) electrons. The molecule has 0 saturated carbocycles. The maximum atomic E-state index is 13.4. The lowest BCUT2D eigenvalue weighted by Crippen LogP contribution is -2.39. The van der Waals surface area contributed by atoms with Crippen LogP contribution in [0.5, 0.6) is 0 Å². The van der Waals surface area contributed by atoms with Gasteiger partial charge in [-0.1, -0.05) is 11.3 Å². The van der Waals surface area contributed by atoms with E-state index >= 15 is 0 Å². The number of rotatable bonds is 3. The third kappa shape index (κ3) is 2.83. The minimum atomic E-state index is -0.306. The largest absolute Gasteiger partial charge is 0.375 e. The van der Waals surface area contributed by atoms with E-state index < -0.39 is 0 Å². The zero-order valence-electron chi connectivity index (χ0n) is 16.6. The molecule has 0 unspecified atom stereocenters. The van der Waals surface area contributed by atoms with Crippen molar-refractivity contribution in [1.82, 2.24) is 29.7 Å². The van der Waals surface area contributed by atoms with E-state index in [0.717, 1.165) is 27.8 Å². The Morgan fingerprint density at radius 1 is 1.17 bits per heavy atom. The number of hydrogen-bond donors (Lipinski definition) is 1. The molecule has 0 saturated heterocycles. The minimum absolute atomic E-state index is 0.00542. The van der Waals surface area contributed by atoms with Crippen LogP contribution in [0.15, 0.2) is 36.8 Å². The molecular weight excluding hydrogens is 403 g/mol. The third-order valence-electron chi connectivity index (χ3n) is 5.14. The summed E-state index contributed by atoms with van der Waals surface area (Å²) in [7, 11) is 0. The zero-order chi connectivity index (χ0) is 21.0. The lowest BCUT2D eigenvalue weighted by molar-refractivity contribution is 0.539. The molecule has 4 aromatic rings. The van der Waals surface area contributed by atoms with Gasteiger partial charge in [0.1, 0.15) is 22.7 Å². The summed E-state index contributed by atoms with van der Waals surface area (Å²) in [6.45, 7) is 6.31. The first-order chi connectivity index (χ1) is 14.4. The number of aromatic nitrogens is 6. The van der Waals surface area contributed by atoms with Gasteiger partial charge in [0, 0.05) is 11.6 Å². The van der Waals surface area contributed by atoms with Crippen LogP contribution in [0.25, 0.3) is 27.6 Å². The number of thiazole rings is 1.